The standard InChI is InChI=1S/C6H10N2.CHNS/c7-3-6-8-4-1-2-5-8;2-1-3/h1-2,4-5H,3,6-7H2;3H. The first kappa shape index (κ1) is 10.1. The summed E-state index contributed by atoms with van der Waals surface area (Å²) in [6.07, 6.45) is 4.01. The van der Waals surface area contributed by atoms with Gasteiger partial charge in [-0.2, -0.15) is 5.26 Å². The summed E-state index contributed by atoms with van der Waals surface area (Å²) in [4.78, 5) is 0. The maximum Gasteiger partial charge on any atom is 0.130 e. The predicted molar refractivity (Wildman–Crippen MR) is 48.1 cm³/mol. The molecule has 0 aromatic carbocycles. The molecule has 11 heavy (non-hydrogen) atoms. The van der Waals surface area contributed by atoms with Crippen molar-refractivity contribution in [3.05, 3.63) is 24.5 Å². The third-order valence-electron chi connectivity index (χ3n) is 1.05. The molecule has 0 radical (unpaired) electrons. The van der Waals surface area contributed by atoms with Crippen molar-refractivity contribution in [2.75, 3.05) is 6.54 Å². The van der Waals surface area contributed by atoms with Crippen LogP contribution in [-0.4, -0.2) is 11.1 Å². The first-order valence-electron chi connectivity index (χ1n) is 3.19. The Morgan fingerprint density at radius 3 is 2.27 bits per heavy atom. The number of nitriles is 1. The summed E-state index contributed by atoms with van der Waals surface area (Å²) >= 11 is 3.09. The molecule has 0 spiro atoms. The van der Waals surface area contributed by atoms with E-state index in [2.05, 4.69) is 17.2 Å². The Labute approximate surface area is 71.8 Å². The van der Waals surface area contributed by atoms with Gasteiger partial charge < -0.3 is 10.3 Å². The van der Waals surface area contributed by atoms with E-state index in [1.165, 1.54) is 5.40 Å². The first-order chi connectivity index (χ1) is 5.35. The number of thiol groups is 1. The van der Waals surface area contributed by atoms with Crippen LogP contribution < -0.4 is 5.73 Å². The molecule has 0 unspecified atom stereocenters. The average Bonchev–Trinajstić information content (AvgIpc) is 2.42. The fourth-order valence-electron chi connectivity index (χ4n) is 0.668. The lowest BCUT2D eigenvalue weighted by Crippen LogP contribution is -2.07. The molecular formula is C7H11N3S. The number of hydrogen-bond donors (Lipinski definition) is 2. The van der Waals surface area contributed by atoms with Crippen molar-refractivity contribution < 1.29 is 0 Å². The fourth-order valence-corrected chi connectivity index (χ4v) is 0.668. The smallest absolute Gasteiger partial charge is 0.130 e. The van der Waals surface area contributed by atoms with Crippen LogP contribution in [0.3, 0.4) is 0 Å². The predicted octanol–water partition coefficient (Wildman–Crippen LogP) is 0.844. The van der Waals surface area contributed by atoms with Crippen molar-refractivity contribution in [2.45, 2.75) is 6.54 Å². The van der Waals surface area contributed by atoms with Gasteiger partial charge in [0.2, 0.25) is 0 Å². The highest BCUT2D eigenvalue weighted by Gasteiger charge is 1.80. The van der Waals surface area contributed by atoms with Crippen LogP contribution >= 0.6 is 12.6 Å². The van der Waals surface area contributed by atoms with Gasteiger partial charge in [0, 0.05) is 25.5 Å². The van der Waals surface area contributed by atoms with E-state index in [0.717, 1.165) is 6.54 Å². The minimum absolute atomic E-state index is 0.717. The minimum atomic E-state index is 0.717. The van der Waals surface area contributed by atoms with E-state index in [1.807, 2.05) is 24.5 Å². The molecule has 0 aliphatic rings. The highest BCUT2D eigenvalue weighted by molar-refractivity contribution is 7.85. The number of rotatable bonds is 2. The molecule has 2 N–H and O–H groups in total. The Hall–Kier alpha value is -0.920. The van der Waals surface area contributed by atoms with Gasteiger partial charge in [-0.3, -0.25) is 0 Å². The van der Waals surface area contributed by atoms with Crippen molar-refractivity contribution in [1.29, 1.82) is 5.26 Å². The largest absolute Gasteiger partial charge is 0.353 e. The summed E-state index contributed by atoms with van der Waals surface area (Å²) in [5.41, 5.74) is 5.30. The van der Waals surface area contributed by atoms with E-state index in [9.17, 15) is 0 Å². The minimum Gasteiger partial charge on any atom is -0.353 e. The highest BCUT2D eigenvalue weighted by atomic mass is 32.1. The molecule has 1 rings (SSSR count). The Morgan fingerprint density at radius 2 is 1.91 bits per heavy atom. The van der Waals surface area contributed by atoms with E-state index in [-0.39, 0.29) is 0 Å². The number of hydrogen-bond acceptors (Lipinski definition) is 3. The lowest BCUT2D eigenvalue weighted by molar-refractivity contribution is 0.713. The molecule has 3 nitrogen and oxygen atoms in total. The van der Waals surface area contributed by atoms with Crippen LogP contribution in [0, 0.1) is 10.7 Å². The molecule has 0 atom stereocenters. The summed E-state index contributed by atoms with van der Waals surface area (Å²) in [7, 11) is 0. The lowest BCUT2D eigenvalue weighted by Gasteiger charge is -1.95. The van der Waals surface area contributed by atoms with E-state index >= 15 is 0 Å². The molecule has 1 aromatic rings. The van der Waals surface area contributed by atoms with Crippen molar-refractivity contribution in [3.8, 4) is 5.40 Å². The van der Waals surface area contributed by atoms with Crippen LogP contribution in [-0.2, 0) is 6.54 Å². The van der Waals surface area contributed by atoms with Crippen LogP contribution in [0.1, 0.15) is 0 Å². The Morgan fingerprint density at radius 1 is 1.45 bits per heavy atom. The molecule has 1 heterocycles. The zero-order valence-electron chi connectivity index (χ0n) is 6.14. The molecular weight excluding hydrogens is 158 g/mol. The van der Waals surface area contributed by atoms with E-state index < -0.39 is 0 Å². The number of nitrogens with zero attached hydrogens (tertiary/aromatic N) is 2. The van der Waals surface area contributed by atoms with Crippen LogP contribution in [0.5, 0.6) is 0 Å². The zero-order valence-corrected chi connectivity index (χ0v) is 7.04. The van der Waals surface area contributed by atoms with Crippen molar-refractivity contribution in [3.63, 3.8) is 0 Å². The van der Waals surface area contributed by atoms with Crippen LogP contribution in [0.2, 0.25) is 0 Å². The summed E-state index contributed by atoms with van der Waals surface area (Å²) < 4.78 is 2.06. The van der Waals surface area contributed by atoms with Gasteiger partial charge in [0.15, 0.2) is 0 Å². The van der Waals surface area contributed by atoms with Gasteiger partial charge in [-0.05, 0) is 12.1 Å². The van der Waals surface area contributed by atoms with E-state index in [4.69, 9.17) is 11.0 Å². The second kappa shape index (κ2) is 7.19. The first-order valence-corrected chi connectivity index (χ1v) is 3.64. The summed E-state index contributed by atoms with van der Waals surface area (Å²) in [5.74, 6) is 0. The molecule has 0 aliphatic carbocycles. The van der Waals surface area contributed by atoms with Gasteiger partial charge in [0.25, 0.3) is 0 Å². The molecule has 4 heteroatoms. The second-order valence-corrected chi connectivity index (χ2v) is 2.01. The monoisotopic (exact) mass is 169 g/mol. The van der Waals surface area contributed by atoms with E-state index in [1.54, 1.807) is 0 Å². The SMILES string of the molecule is N#CS.NCCn1cccc1. The maximum absolute atomic E-state index is 7.18. The van der Waals surface area contributed by atoms with Crippen LogP contribution in [0.4, 0.5) is 0 Å². The second-order valence-electron chi connectivity index (χ2n) is 1.81. The molecule has 0 aliphatic heterocycles. The Bertz CT molecular complexity index is 200. The number of thiocyanates is 1. The average molecular weight is 169 g/mol. The Kier molecular flexibility index (Phi) is 6.59. The molecule has 0 fully saturated rings. The lowest BCUT2D eigenvalue weighted by atomic mass is 10.6. The van der Waals surface area contributed by atoms with Crippen LogP contribution in [0.15, 0.2) is 24.5 Å². The van der Waals surface area contributed by atoms with Gasteiger partial charge in [-0.15, -0.1) is 0 Å². The third kappa shape index (κ3) is 5.52. The topological polar surface area (TPSA) is 54.7 Å². The third-order valence-corrected chi connectivity index (χ3v) is 1.05. The summed E-state index contributed by atoms with van der Waals surface area (Å²) in [6.45, 7) is 1.64. The van der Waals surface area contributed by atoms with E-state index in [0.29, 0.717) is 6.54 Å². The van der Waals surface area contributed by atoms with Gasteiger partial charge in [0.1, 0.15) is 5.40 Å². The molecule has 0 saturated carbocycles. The fraction of sp³-hybridized carbons (Fsp3) is 0.286. The summed E-state index contributed by atoms with van der Waals surface area (Å²) in [5, 5.41) is 8.63. The summed E-state index contributed by atoms with van der Waals surface area (Å²) in [6, 6.07) is 3.99. The van der Waals surface area contributed by atoms with Gasteiger partial charge in [0.05, 0.1) is 0 Å². The number of nitrogens with two attached hydrogens (primary N) is 1. The van der Waals surface area contributed by atoms with Crippen molar-refractivity contribution in [1.82, 2.24) is 4.57 Å². The van der Waals surface area contributed by atoms with Gasteiger partial charge >= 0.3 is 0 Å². The molecule has 1 aromatic heterocycles. The highest BCUT2D eigenvalue weighted by Crippen LogP contribution is 1.86. The molecule has 60 valence electrons. The Balaban J connectivity index is 0.000000292. The van der Waals surface area contributed by atoms with Crippen molar-refractivity contribution in [2.24, 2.45) is 5.73 Å². The normalized spacial score (nSPS) is 7.73. The molecule has 0 saturated heterocycles. The quantitative estimate of drug-likeness (QED) is 0.509. The van der Waals surface area contributed by atoms with Crippen molar-refractivity contribution >= 4 is 12.6 Å². The molecule has 0 bridgehead atoms. The zero-order chi connectivity index (χ0) is 8.53. The van der Waals surface area contributed by atoms with Gasteiger partial charge in [-0.1, -0.05) is 12.6 Å². The van der Waals surface area contributed by atoms with Gasteiger partial charge in [-0.25, -0.2) is 0 Å². The molecule has 0 amide bonds. The number of aromatic nitrogens is 1. The van der Waals surface area contributed by atoms with Crippen LogP contribution in [0.25, 0.3) is 0 Å². The maximum atomic E-state index is 7.18.